The molecule has 0 spiro atoms. The smallest absolute Gasteiger partial charge is 0.135 e. The van der Waals surface area contributed by atoms with E-state index in [1.165, 1.54) is 0 Å². The van der Waals surface area contributed by atoms with Gasteiger partial charge >= 0.3 is 0 Å². The molecule has 0 saturated carbocycles. The molecule has 0 saturated heterocycles. The topological polar surface area (TPSA) is 61.6 Å². The Balaban J connectivity index is 2.31. The Kier molecular flexibility index (Phi) is 3.80. The van der Waals surface area contributed by atoms with E-state index in [1.54, 1.807) is 31.2 Å². The van der Waals surface area contributed by atoms with Gasteiger partial charge in [-0.15, -0.1) is 0 Å². The lowest BCUT2D eigenvalue weighted by Gasteiger charge is -2.08. The van der Waals surface area contributed by atoms with Crippen LogP contribution < -0.4 is 5.32 Å². The first-order valence-corrected chi connectivity index (χ1v) is 6.23. The highest BCUT2D eigenvalue weighted by atomic mass is 79.9. The lowest BCUT2D eigenvalue weighted by Crippen LogP contribution is -1.98. The second-order valence-electron chi connectivity index (χ2n) is 3.55. The Labute approximate surface area is 118 Å². The van der Waals surface area contributed by atoms with Crippen molar-refractivity contribution in [3.05, 3.63) is 45.3 Å². The van der Waals surface area contributed by atoms with E-state index in [9.17, 15) is 0 Å². The van der Waals surface area contributed by atoms with E-state index in [0.717, 1.165) is 10.2 Å². The van der Waals surface area contributed by atoms with Gasteiger partial charge in [0.15, 0.2) is 0 Å². The number of aromatic nitrogens is 2. The average Bonchev–Trinajstić information content (AvgIpc) is 2.30. The number of nitrogens with zero attached hydrogens (tertiary/aromatic N) is 3. The van der Waals surface area contributed by atoms with E-state index in [-0.39, 0.29) is 0 Å². The monoisotopic (exact) mass is 322 g/mol. The highest BCUT2D eigenvalue weighted by molar-refractivity contribution is 9.10. The Bertz CT molecular complexity index is 616. The van der Waals surface area contributed by atoms with Crippen molar-refractivity contribution in [1.82, 2.24) is 9.97 Å². The molecule has 0 aliphatic carbocycles. The Morgan fingerprint density at radius 1 is 1.33 bits per heavy atom. The fraction of sp³-hybridized carbons (Fsp3) is 0.0833. The van der Waals surface area contributed by atoms with Crippen molar-refractivity contribution in [1.29, 1.82) is 5.26 Å². The molecule has 1 aromatic heterocycles. The molecule has 90 valence electrons. The molecule has 1 aromatic carbocycles. The zero-order valence-electron chi connectivity index (χ0n) is 9.41. The maximum atomic E-state index is 8.79. The largest absolute Gasteiger partial charge is 0.339 e. The minimum absolute atomic E-state index is 0.384. The molecule has 0 radical (unpaired) electrons. The predicted octanol–water partition coefficient (Wildman–Crippen LogP) is 3.82. The van der Waals surface area contributed by atoms with Crippen molar-refractivity contribution in [3.63, 3.8) is 0 Å². The summed E-state index contributed by atoms with van der Waals surface area (Å²) in [6, 6.07) is 8.97. The van der Waals surface area contributed by atoms with E-state index in [2.05, 4.69) is 37.3 Å². The van der Waals surface area contributed by atoms with Gasteiger partial charge in [-0.3, -0.25) is 0 Å². The van der Waals surface area contributed by atoms with Crippen LogP contribution in [0.25, 0.3) is 0 Å². The van der Waals surface area contributed by atoms with Crippen LogP contribution in [0.2, 0.25) is 5.15 Å². The molecule has 0 amide bonds. The van der Waals surface area contributed by atoms with Crippen molar-refractivity contribution in [3.8, 4) is 6.07 Å². The van der Waals surface area contributed by atoms with Crippen LogP contribution >= 0.6 is 27.5 Å². The maximum Gasteiger partial charge on any atom is 0.135 e. The van der Waals surface area contributed by atoms with Gasteiger partial charge in [-0.25, -0.2) is 9.97 Å². The summed E-state index contributed by atoms with van der Waals surface area (Å²) < 4.78 is 0.786. The van der Waals surface area contributed by atoms with Crippen LogP contribution in [0, 0.1) is 18.3 Å². The zero-order chi connectivity index (χ0) is 13.1. The Morgan fingerprint density at radius 3 is 2.72 bits per heavy atom. The van der Waals surface area contributed by atoms with Crippen LogP contribution in [0.15, 0.2) is 28.7 Å². The van der Waals surface area contributed by atoms with E-state index < -0.39 is 0 Å². The first-order valence-electron chi connectivity index (χ1n) is 5.06. The molecule has 6 heteroatoms. The molecule has 18 heavy (non-hydrogen) atoms. The van der Waals surface area contributed by atoms with Crippen LogP contribution in [-0.4, -0.2) is 9.97 Å². The number of benzene rings is 1. The summed E-state index contributed by atoms with van der Waals surface area (Å²) in [4.78, 5) is 8.21. The molecule has 2 rings (SSSR count). The Hall–Kier alpha value is -1.64. The fourth-order valence-corrected chi connectivity index (χ4v) is 2.12. The molecule has 0 atom stereocenters. The number of anilines is 2. The van der Waals surface area contributed by atoms with Crippen LogP contribution in [0.3, 0.4) is 0 Å². The third kappa shape index (κ3) is 2.97. The SMILES string of the molecule is Cc1nc(Cl)cc(Nc2ccc(C#N)cc2Br)n1. The summed E-state index contributed by atoms with van der Waals surface area (Å²) in [5.41, 5.74) is 1.40. The van der Waals surface area contributed by atoms with Crippen molar-refractivity contribution in [2.75, 3.05) is 5.32 Å². The van der Waals surface area contributed by atoms with Crippen LogP contribution in [0.4, 0.5) is 11.5 Å². The molecule has 4 nitrogen and oxygen atoms in total. The number of halogens is 2. The van der Waals surface area contributed by atoms with E-state index in [4.69, 9.17) is 16.9 Å². The van der Waals surface area contributed by atoms with Crippen molar-refractivity contribution < 1.29 is 0 Å². The standard InChI is InChI=1S/C12H8BrClN4/c1-7-16-11(14)5-12(17-7)18-10-3-2-8(6-15)4-9(10)13/h2-5H,1H3,(H,16,17,18). The van der Waals surface area contributed by atoms with Gasteiger partial charge in [0.25, 0.3) is 0 Å². The first-order chi connectivity index (χ1) is 8.58. The predicted molar refractivity (Wildman–Crippen MR) is 73.9 cm³/mol. The van der Waals surface area contributed by atoms with E-state index >= 15 is 0 Å². The third-order valence-electron chi connectivity index (χ3n) is 2.17. The van der Waals surface area contributed by atoms with Gasteiger partial charge in [-0.05, 0) is 41.1 Å². The number of nitriles is 1. The molecule has 1 N–H and O–H groups in total. The molecule has 0 aliphatic rings. The number of aryl methyl sites for hydroxylation is 1. The summed E-state index contributed by atoms with van der Waals surface area (Å²) in [7, 11) is 0. The number of nitrogens with one attached hydrogen (secondary N) is 1. The van der Waals surface area contributed by atoms with Crippen molar-refractivity contribution in [2.45, 2.75) is 6.92 Å². The van der Waals surface area contributed by atoms with Gasteiger partial charge in [0.1, 0.15) is 16.8 Å². The molecule has 0 unspecified atom stereocenters. The molecule has 1 heterocycles. The normalized spacial score (nSPS) is 9.89. The van der Waals surface area contributed by atoms with Crippen LogP contribution in [0.5, 0.6) is 0 Å². The maximum absolute atomic E-state index is 8.79. The number of hydrogen-bond donors (Lipinski definition) is 1. The van der Waals surface area contributed by atoms with Gasteiger partial charge in [0.05, 0.1) is 17.3 Å². The average molecular weight is 324 g/mol. The lowest BCUT2D eigenvalue weighted by atomic mass is 10.2. The third-order valence-corrected chi connectivity index (χ3v) is 3.02. The highest BCUT2D eigenvalue weighted by Crippen LogP contribution is 2.26. The summed E-state index contributed by atoms with van der Waals surface area (Å²) in [5.74, 6) is 1.20. The number of hydrogen-bond acceptors (Lipinski definition) is 4. The van der Waals surface area contributed by atoms with Crippen molar-refractivity contribution in [2.24, 2.45) is 0 Å². The number of rotatable bonds is 2. The molecule has 0 bridgehead atoms. The van der Waals surface area contributed by atoms with E-state index in [0.29, 0.717) is 22.4 Å². The minimum Gasteiger partial charge on any atom is -0.339 e. The summed E-state index contributed by atoms with van der Waals surface area (Å²) in [6.45, 7) is 1.77. The molecular formula is C12H8BrClN4. The second kappa shape index (κ2) is 5.34. The minimum atomic E-state index is 0.384. The molecule has 0 aliphatic heterocycles. The van der Waals surface area contributed by atoms with Gasteiger partial charge in [-0.2, -0.15) is 5.26 Å². The first kappa shape index (κ1) is 12.8. The van der Waals surface area contributed by atoms with E-state index in [1.807, 2.05) is 0 Å². The molecule has 0 fully saturated rings. The summed E-state index contributed by atoms with van der Waals surface area (Å²) >= 11 is 9.25. The van der Waals surface area contributed by atoms with Gasteiger partial charge in [0, 0.05) is 10.5 Å². The van der Waals surface area contributed by atoms with Crippen LogP contribution in [0.1, 0.15) is 11.4 Å². The fourth-order valence-electron chi connectivity index (χ4n) is 1.42. The lowest BCUT2D eigenvalue weighted by molar-refractivity contribution is 1.06. The zero-order valence-corrected chi connectivity index (χ0v) is 11.7. The van der Waals surface area contributed by atoms with Gasteiger partial charge in [0.2, 0.25) is 0 Å². The highest BCUT2D eigenvalue weighted by Gasteiger charge is 2.04. The molecular weight excluding hydrogens is 316 g/mol. The van der Waals surface area contributed by atoms with Crippen molar-refractivity contribution >= 4 is 39.0 Å². The Morgan fingerprint density at radius 2 is 2.11 bits per heavy atom. The summed E-state index contributed by atoms with van der Waals surface area (Å²) in [5, 5.41) is 12.3. The van der Waals surface area contributed by atoms with Gasteiger partial charge in [-0.1, -0.05) is 11.6 Å². The summed E-state index contributed by atoms with van der Waals surface area (Å²) in [6.07, 6.45) is 0. The second-order valence-corrected chi connectivity index (χ2v) is 4.80. The molecule has 2 aromatic rings. The van der Waals surface area contributed by atoms with Gasteiger partial charge < -0.3 is 5.32 Å². The van der Waals surface area contributed by atoms with Crippen LogP contribution in [-0.2, 0) is 0 Å². The quantitative estimate of drug-likeness (QED) is 0.854.